The lowest BCUT2D eigenvalue weighted by Crippen LogP contribution is -2.38. The molecule has 0 atom stereocenters. The molecule has 0 radical (unpaired) electrons. The van der Waals surface area contributed by atoms with Crippen molar-refractivity contribution in [1.82, 2.24) is 0 Å². The summed E-state index contributed by atoms with van der Waals surface area (Å²) in [7, 11) is -4.03. The largest absolute Gasteiger partial charge is 0.462 e. The van der Waals surface area contributed by atoms with Crippen LogP contribution in [0.4, 0.5) is 11.4 Å². The number of rotatable bonds is 8. The Morgan fingerprint density at radius 2 is 1.71 bits per heavy atom. The molecule has 0 aromatic heterocycles. The second-order valence-corrected chi connectivity index (χ2v) is 9.85. The van der Waals surface area contributed by atoms with Gasteiger partial charge < -0.3 is 10.1 Å². The fourth-order valence-corrected chi connectivity index (χ4v) is 5.06. The quantitative estimate of drug-likeness (QED) is 0.441. The van der Waals surface area contributed by atoms with E-state index in [0.29, 0.717) is 16.9 Å². The molecule has 178 valence electrons. The van der Waals surface area contributed by atoms with E-state index < -0.39 is 28.4 Å². The lowest BCUT2D eigenvalue weighted by atomic mass is 10.1. The van der Waals surface area contributed by atoms with Crippen LogP contribution in [-0.4, -0.2) is 33.4 Å². The average molecular weight is 501 g/mol. The lowest BCUT2D eigenvalue weighted by Gasteiger charge is -2.26. The van der Waals surface area contributed by atoms with Crippen LogP contribution in [0, 0.1) is 13.8 Å². The Kier molecular flexibility index (Phi) is 7.96. The molecule has 0 unspecified atom stereocenters. The fraction of sp³-hybridized carbons (Fsp3) is 0.200. The predicted molar refractivity (Wildman–Crippen MR) is 133 cm³/mol. The van der Waals surface area contributed by atoms with Crippen LogP contribution in [0.2, 0.25) is 5.02 Å². The van der Waals surface area contributed by atoms with E-state index in [1.54, 1.807) is 38.1 Å². The van der Waals surface area contributed by atoms with Crippen LogP contribution in [0.5, 0.6) is 0 Å². The molecular weight excluding hydrogens is 476 g/mol. The van der Waals surface area contributed by atoms with Gasteiger partial charge in [0, 0.05) is 5.69 Å². The maximum absolute atomic E-state index is 13.5. The number of hydrogen-bond acceptors (Lipinski definition) is 5. The third kappa shape index (κ3) is 5.76. The molecule has 7 nitrogen and oxygen atoms in total. The molecule has 34 heavy (non-hydrogen) atoms. The Labute approximate surface area is 204 Å². The van der Waals surface area contributed by atoms with E-state index in [-0.39, 0.29) is 22.1 Å². The number of sulfonamides is 1. The number of nitrogens with one attached hydrogen (secondary N) is 1. The molecule has 0 heterocycles. The zero-order valence-electron chi connectivity index (χ0n) is 19.0. The third-order valence-electron chi connectivity index (χ3n) is 5.00. The van der Waals surface area contributed by atoms with Crippen molar-refractivity contribution in [2.75, 3.05) is 22.8 Å². The number of anilines is 2. The first-order chi connectivity index (χ1) is 16.1. The van der Waals surface area contributed by atoms with Gasteiger partial charge in [-0.15, -0.1) is 0 Å². The first kappa shape index (κ1) is 25.3. The second-order valence-electron chi connectivity index (χ2n) is 7.58. The van der Waals surface area contributed by atoms with Crippen LogP contribution in [0.3, 0.4) is 0 Å². The standard InChI is InChI=1S/C25H25ClN2O5S/c1-4-33-25(30)21-13-12-19(15-22(21)26)27-24(29)16-28(23-14-17(2)10-11-18(23)3)34(31,32)20-8-6-5-7-9-20/h5-15H,4,16H2,1-3H3,(H,27,29). The molecule has 0 fully saturated rings. The van der Waals surface area contributed by atoms with Crippen LogP contribution >= 0.6 is 11.6 Å². The number of aryl methyl sites for hydroxylation is 2. The molecule has 0 saturated carbocycles. The van der Waals surface area contributed by atoms with E-state index >= 15 is 0 Å². The van der Waals surface area contributed by atoms with E-state index in [0.717, 1.165) is 9.87 Å². The highest BCUT2D eigenvalue weighted by Gasteiger charge is 2.28. The lowest BCUT2D eigenvalue weighted by molar-refractivity contribution is -0.114. The predicted octanol–water partition coefficient (Wildman–Crippen LogP) is 4.97. The summed E-state index contributed by atoms with van der Waals surface area (Å²) in [6.07, 6.45) is 0. The van der Waals surface area contributed by atoms with Crippen LogP contribution < -0.4 is 9.62 Å². The third-order valence-corrected chi connectivity index (χ3v) is 7.09. The number of halogens is 1. The van der Waals surface area contributed by atoms with E-state index in [1.165, 1.54) is 30.3 Å². The number of carbonyl (C=O) groups is 2. The molecule has 0 aliphatic heterocycles. The SMILES string of the molecule is CCOC(=O)c1ccc(NC(=O)CN(c2cc(C)ccc2C)S(=O)(=O)c2ccccc2)cc1Cl. The van der Waals surface area contributed by atoms with Gasteiger partial charge in [0.05, 0.1) is 27.8 Å². The Morgan fingerprint density at radius 3 is 2.35 bits per heavy atom. The maximum Gasteiger partial charge on any atom is 0.339 e. The van der Waals surface area contributed by atoms with Crippen molar-refractivity contribution in [3.63, 3.8) is 0 Å². The van der Waals surface area contributed by atoms with Crippen molar-refractivity contribution in [2.24, 2.45) is 0 Å². The summed E-state index contributed by atoms with van der Waals surface area (Å²) in [6.45, 7) is 5.07. The number of carbonyl (C=O) groups excluding carboxylic acids is 2. The summed E-state index contributed by atoms with van der Waals surface area (Å²) in [6, 6.07) is 17.7. The van der Waals surface area contributed by atoms with Gasteiger partial charge in [0.2, 0.25) is 5.91 Å². The number of benzene rings is 3. The zero-order chi connectivity index (χ0) is 24.9. The van der Waals surface area contributed by atoms with Crippen molar-refractivity contribution in [3.8, 4) is 0 Å². The number of ether oxygens (including phenoxy) is 1. The maximum atomic E-state index is 13.5. The van der Waals surface area contributed by atoms with Gasteiger partial charge in [0.15, 0.2) is 0 Å². The Bertz CT molecular complexity index is 1310. The summed E-state index contributed by atoms with van der Waals surface area (Å²) >= 11 is 6.18. The first-order valence-electron chi connectivity index (χ1n) is 10.5. The van der Waals surface area contributed by atoms with Gasteiger partial charge in [-0.25, -0.2) is 13.2 Å². The highest BCUT2D eigenvalue weighted by atomic mass is 35.5. The van der Waals surface area contributed by atoms with Gasteiger partial charge in [-0.05, 0) is 68.3 Å². The van der Waals surface area contributed by atoms with Crippen LogP contribution in [0.1, 0.15) is 28.4 Å². The van der Waals surface area contributed by atoms with Crippen LogP contribution in [-0.2, 0) is 19.6 Å². The molecular formula is C25H25ClN2O5S. The summed E-state index contributed by atoms with van der Waals surface area (Å²) in [4.78, 5) is 25.0. The van der Waals surface area contributed by atoms with Crippen LogP contribution in [0.25, 0.3) is 0 Å². The summed E-state index contributed by atoms with van der Waals surface area (Å²) < 4.78 is 33.0. The van der Waals surface area contributed by atoms with Crippen molar-refractivity contribution >= 4 is 44.9 Å². The molecule has 0 aliphatic rings. The highest BCUT2D eigenvalue weighted by Crippen LogP contribution is 2.28. The fourth-order valence-electron chi connectivity index (χ4n) is 3.31. The van der Waals surface area contributed by atoms with Crippen molar-refractivity contribution < 1.29 is 22.7 Å². The van der Waals surface area contributed by atoms with Gasteiger partial charge >= 0.3 is 5.97 Å². The second kappa shape index (κ2) is 10.7. The summed E-state index contributed by atoms with van der Waals surface area (Å²) in [5.41, 5.74) is 2.47. The monoisotopic (exact) mass is 500 g/mol. The zero-order valence-corrected chi connectivity index (χ0v) is 20.6. The molecule has 0 saturated heterocycles. The Morgan fingerprint density at radius 1 is 1.00 bits per heavy atom. The van der Waals surface area contributed by atoms with E-state index in [4.69, 9.17) is 16.3 Å². The molecule has 0 bridgehead atoms. The molecule has 3 rings (SSSR count). The summed E-state index contributed by atoms with van der Waals surface area (Å²) in [5, 5.41) is 2.77. The average Bonchev–Trinajstić information content (AvgIpc) is 2.80. The smallest absolute Gasteiger partial charge is 0.339 e. The van der Waals surface area contributed by atoms with E-state index in [9.17, 15) is 18.0 Å². The topological polar surface area (TPSA) is 92.8 Å². The molecule has 0 aliphatic carbocycles. The number of esters is 1. The first-order valence-corrected chi connectivity index (χ1v) is 12.4. The van der Waals surface area contributed by atoms with E-state index in [2.05, 4.69) is 5.32 Å². The Hall–Kier alpha value is -3.36. The molecule has 3 aromatic carbocycles. The van der Waals surface area contributed by atoms with Gasteiger partial charge in [0.25, 0.3) is 10.0 Å². The summed E-state index contributed by atoms with van der Waals surface area (Å²) in [5.74, 6) is -1.14. The van der Waals surface area contributed by atoms with Gasteiger partial charge in [-0.2, -0.15) is 0 Å². The minimum Gasteiger partial charge on any atom is -0.462 e. The highest BCUT2D eigenvalue weighted by molar-refractivity contribution is 7.92. The van der Waals surface area contributed by atoms with Crippen LogP contribution in [0.15, 0.2) is 71.6 Å². The Balaban J connectivity index is 1.91. The van der Waals surface area contributed by atoms with Crippen molar-refractivity contribution in [2.45, 2.75) is 25.7 Å². The minimum atomic E-state index is -4.03. The molecule has 9 heteroatoms. The molecule has 1 N–H and O–H groups in total. The van der Waals surface area contributed by atoms with Gasteiger partial charge in [0.1, 0.15) is 6.54 Å². The van der Waals surface area contributed by atoms with Crippen molar-refractivity contribution in [3.05, 3.63) is 88.4 Å². The van der Waals surface area contributed by atoms with Gasteiger partial charge in [-0.1, -0.05) is 41.9 Å². The number of hydrogen-bond donors (Lipinski definition) is 1. The van der Waals surface area contributed by atoms with Crippen molar-refractivity contribution in [1.29, 1.82) is 0 Å². The molecule has 3 aromatic rings. The number of nitrogens with zero attached hydrogens (tertiary/aromatic N) is 1. The minimum absolute atomic E-state index is 0.0746. The number of amides is 1. The normalized spacial score (nSPS) is 11.1. The molecule has 0 spiro atoms. The van der Waals surface area contributed by atoms with E-state index in [1.807, 2.05) is 19.1 Å². The molecule has 1 amide bonds. The van der Waals surface area contributed by atoms with Gasteiger partial charge in [-0.3, -0.25) is 9.10 Å².